The van der Waals surface area contributed by atoms with Crippen LogP contribution in [0.15, 0.2) is 16.2 Å². The van der Waals surface area contributed by atoms with E-state index in [2.05, 4.69) is 5.16 Å². The summed E-state index contributed by atoms with van der Waals surface area (Å²) in [6.45, 7) is 3.17. The van der Waals surface area contributed by atoms with Gasteiger partial charge in [-0.2, -0.15) is 0 Å². The number of carbonyl (C=O) groups excluding carboxylic acids is 2. The van der Waals surface area contributed by atoms with Crippen LogP contribution in [0.25, 0.3) is 6.08 Å². The van der Waals surface area contributed by atoms with Crippen LogP contribution in [-0.4, -0.2) is 41.0 Å². The maximum absolute atomic E-state index is 11.3. The first kappa shape index (κ1) is 12.6. The second kappa shape index (κ2) is 4.17. The molecule has 0 aliphatic carbocycles. The van der Waals surface area contributed by atoms with Crippen molar-refractivity contribution in [3.63, 3.8) is 0 Å². The van der Waals surface area contributed by atoms with Gasteiger partial charge in [0.2, 0.25) is 0 Å². The van der Waals surface area contributed by atoms with Crippen molar-refractivity contribution in [1.29, 1.82) is 0 Å². The number of carbonyl (C=O) groups is 2. The molecule has 4 rings (SSSR count). The maximum Gasteiger partial charge on any atom is 0.421 e. The molecule has 21 heavy (non-hydrogen) atoms. The molecule has 0 radical (unpaired) electrons. The van der Waals surface area contributed by atoms with Gasteiger partial charge in [0.15, 0.2) is 5.76 Å². The number of rotatable bonds is 1. The number of hydrogen-bond donors (Lipinski definition) is 0. The molecule has 0 N–H and O–H groups in total. The van der Waals surface area contributed by atoms with E-state index in [1.54, 1.807) is 0 Å². The molecule has 3 aliphatic rings. The first-order valence-corrected chi connectivity index (χ1v) is 6.91. The zero-order chi connectivity index (χ0) is 14.6. The van der Waals surface area contributed by atoms with Gasteiger partial charge in [0.25, 0.3) is 0 Å². The molecular weight excluding hydrogens is 276 g/mol. The molecule has 3 fully saturated rings. The van der Waals surface area contributed by atoms with Gasteiger partial charge in [-0.05, 0) is 30.9 Å². The smallest absolute Gasteiger partial charge is 0.400 e. The minimum absolute atomic E-state index is 0.360. The Labute approximate surface area is 120 Å². The van der Waals surface area contributed by atoms with Gasteiger partial charge in [-0.3, -0.25) is 0 Å². The van der Waals surface area contributed by atoms with E-state index in [1.807, 2.05) is 24.0 Å². The number of fused-ring (bicyclic) bond motifs is 3. The highest BCUT2D eigenvalue weighted by atomic mass is 16.8. The SMILES string of the molecule is Cc1cc(/C=C2\CN3CC2CCC32OC(=O)C(=O)O2)on1. The van der Waals surface area contributed by atoms with Crippen molar-refractivity contribution in [3.05, 3.63) is 23.1 Å². The molecule has 1 spiro atoms. The third-order valence-electron chi connectivity index (χ3n) is 4.27. The predicted molar refractivity (Wildman–Crippen MR) is 68.4 cm³/mol. The molecule has 3 aliphatic heterocycles. The second-order valence-electron chi connectivity index (χ2n) is 5.70. The molecule has 4 heterocycles. The average Bonchev–Trinajstić information content (AvgIpc) is 3.07. The van der Waals surface area contributed by atoms with Gasteiger partial charge in [0, 0.05) is 25.6 Å². The number of esters is 2. The van der Waals surface area contributed by atoms with Crippen molar-refractivity contribution in [2.45, 2.75) is 25.7 Å². The third kappa shape index (κ3) is 1.88. The van der Waals surface area contributed by atoms with Crippen molar-refractivity contribution in [2.75, 3.05) is 13.1 Å². The fraction of sp³-hybridized carbons (Fsp3) is 0.500. The lowest BCUT2D eigenvalue weighted by Crippen LogP contribution is -2.51. The molecule has 0 amide bonds. The number of piperidine rings is 1. The lowest BCUT2D eigenvalue weighted by molar-refractivity contribution is -0.257. The Balaban J connectivity index is 1.60. The largest absolute Gasteiger partial charge is 0.421 e. The van der Waals surface area contributed by atoms with Gasteiger partial charge in [-0.15, -0.1) is 0 Å². The van der Waals surface area contributed by atoms with Crippen LogP contribution in [0.5, 0.6) is 0 Å². The van der Waals surface area contributed by atoms with Gasteiger partial charge in [-0.1, -0.05) is 5.16 Å². The molecule has 110 valence electrons. The van der Waals surface area contributed by atoms with Crippen molar-refractivity contribution in [1.82, 2.24) is 10.1 Å². The Hall–Kier alpha value is -2.15. The molecule has 0 saturated carbocycles. The van der Waals surface area contributed by atoms with Gasteiger partial charge in [0.1, 0.15) is 0 Å². The Bertz CT molecular complexity index is 646. The first-order valence-electron chi connectivity index (χ1n) is 6.91. The highest BCUT2D eigenvalue weighted by molar-refractivity contribution is 6.31. The molecule has 2 unspecified atom stereocenters. The summed E-state index contributed by atoms with van der Waals surface area (Å²) >= 11 is 0. The third-order valence-corrected chi connectivity index (χ3v) is 4.27. The highest BCUT2D eigenvalue weighted by Crippen LogP contribution is 2.44. The zero-order valence-corrected chi connectivity index (χ0v) is 11.5. The fourth-order valence-electron chi connectivity index (χ4n) is 3.27. The van der Waals surface area contributed by atoms with E-state index in [-0.39, 0.29) is 0 Å². The van der Waals surface area contributed by atoms with Crippen LogP contribution in [-0.2, 0) is 19.1 Å². The van der Waals surface area contributed by atoms with E-state index in [4.69, 9.17) is 14.0 Å². The molecule has 2 atom stereocenters. The quantitative estimate of drug-likeness (QED) is 0.560. The van der Waals surface area contributed by atoms with E-state index < -0.39 is 17.8 Å². The van der Waals surface area contributed by atoms with E-state index in [0.29, 0.717) is 31.2 Å². The molecule has 1 aromatic rings. The Morgan fingerprint density at radius 2 is 2.14 bits per heavy atom. The highest BCUT2D eigenvalue weighted by Gasteiger charge is 2.58. The van der Waals surface area contributed by atoms with Gasteiger partial charge in [-0.25, -0.2) is 14.5 Å². The molecule has 3 saturated heterocycles. The van der Waals surface area contributed by atoms with Crippen LogP contribution in [0.4, 0.5) is 0 Å². The molecule has 0 aromatic carbocycles. The summed E-state index contributed by atoms with van der Waals surface area (Å²) in [5, 5.41) is 3.86. The molecular formula is C14H14N2O5. The first-order chi connectivity index (χ1) is 10.1. The lowest BCUT2D eigenvalue weighted by atomic mass is 9.94. The van der Waals surface area contributed by atoms with Crippen molar-refractivity contribution in [2.24, 2.45) is 5.92 Å². The maximum atomic E-state index is 11.3. The summed E-state index contributed by atoms with van der Waals surface area (Å²) in [6.07, 6.45) is 3.28. The number of ether oxygens (including phenoxy) is 2. The Morgan fingerprint density at radius 1 is 1.38 bits per heavy atom. The van der Waals surface area contributed by atoms with Crippen LogP contribution in [0.3, 0.4) is 0 Å². The Morgan fingerprint density at radius 3 is 2.81 bits per heavy atom. The van der Waals surface area contributed by atoms with E-state index in [0.717, 1.165) is 12.1 Å². The lowest BCUT2D eigenvalue weighted by Gasteiger charge is -2.37. The van der Waals surface area contributed by atoms with Crippen LogP contribution >= 0.6 is 0 Å². The van der Waals surface area contributed by atoms with Gasteiger partial charge >= 0.3 is 17.8 Å². The van der Waals surface area contributed by atoms with Crippen molar-refractivity contribution >= 4 is 18.0 Å². The number of hydrogen-bond acceptors (Lipinski definition) is 7. The van der Waals surface area contributed by atoms with E-state index in [9.17, 15) is 9.59 Å². The number of nitrogens with zero attached hydrogens (tertiary/aromatic N) is 2. The zero-order valence-electron chi connectivity index (χ0n) is 11.5. The summed E-state index contributed by atoms with van der Waals surface area (Å²) in [4.78, 5) is 24.6. The second-order valence-corrected chi connectivity index (χ2v) is 5.70. The summed E-state index contributed by atoms with van der Waals surface area (Å²) in [7, 11) is 0. The number of aryl methyl sites for hydroxylation is 1. The van der Waals surface area contributed by atoms with Gasteiger partial charge < -0.3 is 14.0 Å². The predicted octanol–water partition coefficient (Wildman–Crippen LogP) is 0.846. The van der Waals surface area contributed by atoms with E-state index >= 15 is 0 Å². The van der Waals surface area contributed by atoms with Crippen molar-refractivity contribution in [3.8, 4) is 0 Å². The van der Waals surface area contributed by atoms with Gasteiger partial charge in [0.05, 0.1) is 5.69 Å². The fourth-order valence-corrected chi connectivity index (χ4v) is 3.27. The van der Waals surface area contributed by atoms with Crippen LogP contribution in [0.1, 0.15) is 24.3 Å². The number of aromatic nitrogens is 1. The average molecular weight is 290 g/mol. The summed E-state index contributed by atoms with van der Waals surface area (Å²) < 4.78 is 15.6. The standard InChI is InChI=1S/C14H14N2O5/c1-8-4-11(21-15-8)5-10-7-16-6-9(10)2-3-14(16)19-12(17)13(18)20-14/h4-5,9H,2-3,6-7H2,1H3/b10-5+. The topological polar surface area (TPSA) is 81.9 Å². The van der Waals surface area contributed by atoms with Crippen LogP contribution in [0, 0.1) is 12.8 Å². The molecule has 7 nitrogen and oxygen atoms in total. The normalized spacial score (nSPS) is 31.8. The summed E-state index contributed by atoms with van der Waals surface area (Å²) in [5.41, 5.74) is 2.01. The molecule has 2 bridgehead atoms. The molecule has 1 aromatic heterocycles. The van der Waals surface area contributed by atoms with Crippen LogP contribution in [0.2, 0.25) is 0 Å². The molecule has 7 heteroatoms. The van der Waals surface area contributed by atoms with Crippen LogP contribution < -0.4 is 0 Å². The summed E-state index contributed by atoms with van der Waals surface area (Å²) in [5.74, 6) is -1.93. The van der Waals surface area contributed by atoms with Crippen molar-refractivity contribution < 1.29 is 23.6 Å². The minimum atomic E-state index is -1.20. The van der Waals surface area contributed by atoms with E-state index in [1.165, 1.54) is 5.57 Å². The summed E-state index contributed by atoms with van der Waals surface area (Å²) in [6, 6.07) is 1.87. The minimum Gasteiger partial charge on any atom is -0.400 e. The Kier molecular flexibility index (Phi) is 2.50. The monoisotopic (exact) mass is 290 g/mol.